The molecule has 150 valence electrons. The number of carbonyl (C=O) groups excluding carboxylic acids is 2. The highest BCUT2D eigenvalue weighted by molar-refractivity contribution is 5.90. The lowest BCUT2D eigenvalue weighted by Crippen LogP contribution is -2.37. The van der Waals surface area contributed by atoms with Gasteiger partial charge in [0.1, 0.15) is 6.10 Å². The lowest BCUT2D eigenvalue weighted by atomic mass is 10.1. The van der Waals surface area contributed by atoms with E-state index in [1.54, 1.807) is 13.8 Å². The molecule has 1 aromatic rings. The Labute approximate surface area is 158 Å². The molecule has 0 aromatic heterocycles. The molecule has 4 rings (SSSR count). The third-order valence-electron chi connectivity index (χ3n) is 4.56. The molecule has 3 aliphatic heterocycles. The molecule has 3 aliphatic rings. The molecular weight excluding hydrogens is 376 g/mol. The summed E-state index contributed by atoms with van der Waals surface area (Å²) in [7, 11) is 0. The van der Waals surface area contributed by atoms with E-state index in [2.05, 4.69) is 0 Å². The molecule has 10 nitrogen and oxygen atoms in total. The fourth-order valence-electron chi connectivity index (χ4n) is 3.38. The number of phenols is 3. The van der Waals surface area contributed by atoms with Gasteiger partial charge in [-0.25, -0.2) is 9.59 Å². The van der Waals surface area contributed by atoms with Crippen LogP contribution in [0.5, 0.6) is 17.2 Å². The summed E-state index contributed by atoms with van der Waals surface area (Å²) >= 11 is 0. The quantitative estimate of drug-likeness (QED) is 0.378. The molecule has 3 saturated heterocycles. The van der Waals surface area contributed by atoms with Crippen LogP contribution < -0.4 is 0 Å². The number of benzene rings is 1. The number of hydrogen-bond acceptors (Lipinski definition) is 10. The summed E-state index contributed by atoms with van der Waals surface area (Å²) < 4.78 is 27.3. The van der Waals surface area contributed by atoms with Crippen molar-refractivity contribution in [2.24, 2.45) is 0 Å². The monoisotopic (exact) mass is 394 g/mol. The molecule has 1 aromatic carbocycles. The first kappa shape index (κ1) is 18.5. The Morgan fingerprint density at radius 2 is 1.79 bits per heavy atom. The number of fused-ring (bicyclic) bond motifs is 3. The second-order valence-corrected chi connectivity index (χ2v) is 7.07. The molecule has 0 spiro atoms. The predicted molar refractivity (Wildman–Crippen MR) is 88.9 cm³/mol. The third kappa shape index (κ3) is 3.15. The summed E-state index contributed by atoms with van der Waals surface area (Å²) in [5.41, 5.74) is 0.229. The van der Waals surface area contributed by atoms with Crippen LogP contribution in [0.2, 0.25) is 0 Å². The Hall–Kier alpha value is -2.82. The van der Waals surface area contributed by atoms with Gasteiger partial charge in [-0.15, -0.1) is 0 Å². The number of aromatic hydroxyl groups is 3. The zero-order valence-corrected chi connectivity index (χ0v) is 14.9. The van der Waals surface area contributed by atoms with Crippen LogP contribution in [0.25, 0.3) is 6.08 Å². The molecule has 5 atom stereocenters. The zero-order chi connectivity index (χ0) is 20.2. The van der Waals surface area contributed by atoms with Gasteiger partial charge in [-0.3, -0.25) is 0 Å². The van der Waals surface area contributed by atoms with E-state index in [4.69, 9.17) is 23.7 Å². The van der Waals surface area contributed by atoms with Crippen molar-refractivity contribution in [1.29, 1.82) is 0 Å². The summed E-state index contributed by atoms with van der Waals surface area (Å²) in [4.78, 5) is 24.2. The van der Waals surface area contributed by atoms with E-state index in [-0.39, 0.29) is 5.56 Å². The van der Waals surface area contributed by atoms with Gasteiger partial charge in [-0.05, 0) is 37.6 Å². The van der Waals surface area contributed by atoms with Crippen molar-refractivity contribution in [3.63, 3.8) is 0 Å². The van der Waals surface area contributed by atoms with E-state index in [1.807, 2.05) is 0 Å². The van der Waals surface area contributed by atoms with Gasteiger partial charge in [0.15, 0.2) is 41.5 Å². The Kier molecular flexibility index (Phi) is 4.21. The van der Waals surface area contributed by atoms with E-state index in [9.17, 15) is 24.9 Å². The Bertz CT molecular complexity index is 837. The van der Waals surface area contributed by atoms with Crippen molar-refractivity contribution >= 4 is 18.0 Å². The van der Waals surface area contributed by atoms with E-state index in [0.29, 0.717) is 0 Å². The lowest BCUT2D eigenvalue weighted by molar-refractivity contribution is -0.216. The number of rotatable bonds is 3. The second-order valence-electron chi connectivity index (χ2n) is 7.07. The number of esters is 2. The molecule has 0 aliphatic carbocycles. The van der Waals surface area contributed by atoms with Crippen molar-refractivity contribution in [3.05, 3.63) is 23.8 Å². The molecule has 10 heteroatoms. The summed E-state index contributed by atoms with van der Waals surface area (Å²) in [6, 6.07) is 2.27. The molecular formula is C18H18O10. The first-order valence-corrected chi connectivity index (χ1v) is 8.50. The van der Waals surface area contributed by atoms with Crippen LogP contribution in [0, 0.1) is 0 Å². The van der Waals surface area contributed by atoms with Gasteiger partial charge in [-0.1, -0.05) is 0 Å². The second kappa shape index (κ2) is 6.36. The van der Waals surface area contributed by atoms with Gasteiger partial charge in [0.05, 0.1) is 0 Å². The van der Waals surface area contributed by atoms with Crippen LogP contribution in [-0.2, 0) is 33.3 Å². The van der Waals surface area contributed by atoms with E-state index >= 15 is 0 Å². The molecule has 5 unspecified atom stereocenters. The number of hydrogen-bond donors (Lipinski definition) is 3. The summed E-state index contributed by atoms with van der Waals surface area (Å²) in [6.07, 6.45) is -1.96. The van der Waals surface area contributed by atoms with E-state index in [1.165, 1.54) is 6.08 Å². The fourth-order valence-corrected chi connectivity index (χ4v) is 3.38. The molecule has 0 amide bonds. The van der Waals surface area contributed by atoms with Gasteiger partial charge in [0.25, 0.3) is 0 Å². The first-order chi connectivity index (χ1) is 13.1. The highest BCUT2D eigenvalue weighted by Gasteiger charge is 2.64. The minimum atomic E-state index is -1.27. The van der Waals surface area contributed by atoms with Crippen LogP contribution in [0.1, 0.15) is 19.4 Å². The Balaban J connectivity index is 1.42. The van der Waals surface area contributed by atoms with Crippen molar-refractivity contribution < 1.29 is 48.6 Å². The minimum Gasteiger partial charge on any atom is -0.504 e. The molecule has 0 radical (unpaired) electrons. The van der Waals surface area contributed by atoms with Crippen LogP contribution in [0.15, 0.2) is 18.2 Å². The normalized spacial score (nSPS) is 32.9. The topological polar surface area (TPSA) is 141 Å². The lowest BCUT2D eigenvalue weighted by Gasteiger charge is -2.21. The molecule has 3 N–H and O–H groups in total. The van der Waals surface area contributed by atoms with E-state index < -0.39 is 65.7 Å². The van der Waals surface area contributed by atoms with Gasteiger partial charge >= 0.3 is 11.9 Å². The van der Waals surface area contributed by atoms with Crippen molar-refractivity contribution in [3.8, 4) is 17.2 Å². The van der Waals surface area contributed by atoms with Crippen LogP contribution in [0.4, 0.5) is 0 Å². The van der Waals surface area contributed by atoms with Crippen molar-refractivity contribution in [1.82, 2.24) is 0 Å². The SMILES string of the molecule is CC1(C)OC2OC3C(OC(=O)/C=C/c4cc(O)c(O)c(O)c4)C(=O)OC3C2O1. The summed E-state index contributed by atoms with van der Waals surface area (Å²) in [5, 5.41) is 28.2. The van der Waals surface area contributed by atoms with Crippen LogP contribution in [0.3, 0.4) is 0 Å². The van der Waals surface area contributed by atoms with Crippen molar-refractivity contribution in [2.45, 2.75) is 50.3 Å². The number of ether oxygens (including phenoxy) is 5. The average Bonchev–Trinajstić information content (AvgIpc) is 3.18. The molecule has 0 bridgehead atoms. The van der Waals surface area contributed by atoms with Crippen molar-refractivity contribution in [2.75, 3.05) is 0 Å². The summed E-state index contributed by atoms with van der Waals surface area (Å²) in [5.74, 6) is -4.25. The van der Waals surface area contributed by atoms with Gasteiger partial charge in [-0.2, -0.15) is 0 Å². The highest BCUT2D eigenvalue weighted by Crippen LogP contribution is 2.43. The van der Waals surface area contributed by atoms with Gasteiger partial charge in [0, 0.05) is 6.08 Å². The smallest absolute Gasteiger partial charge is 0.350 e. The first-order valence-electron chi connectivity index (χ1n) is 8.50. The van der Waals surface area contributed by atoms with Gasteiger partial charge in [0.2, 0.25) is 6.10 Å². The summed E-state index contributed by atoms with van der Waals surface area (Å²) in [6.45, 7) is 3.42. The van der Waals surface area contributed by atoms with Crippen LogP contribution in [-0.4, -0.2) is 63.8 Å². The third-order valence-corrected chi connectivity index (χ3v) is 4.56. The maximum absolute atomic E-state index is 12.1. The molecule has 3 fully saturated rings. The minimum absolute atomic E-state index is 0.229. The molecule has 28 heavy (non-hydrogen) atoms. The Morgan fingerprint density at radius 1 is 1.11 bits per heavy atom. The largest absolute Gasteiger partial charge is 0.504 e. The maximum atomic E-state index is 12.1. The average molecular weight is 394 g/mol. The van der Waals surface area contributed by atoms with Crippen LogP contribution >= 0.6 is 0 Å². The number of phenolic OH excluding ortho intramolecular Hbond substituents is 3. The fraction of sp³-hybridized carbons (Fsp3) is 0.444. The Morgan fingerprint density at radius 3 is 2.46 bits per heavy atom. The number of carbonyl (C=O) groups is 2. The molecule has 3 heterocycles. The predicted octanol–water partition coefficient (Wildman–Crippen LogP) is 0.530. The van der Waals surface area contributed by atoms with E-state index in [0.717, 1.165) is 18.2 Å². The van der Waals surface area contributed by atoms with Gasteiger partial charge < -0.3 is 39.0 Å². The standard InChI is InChI=1S/C18H18O10/c1-18(2)27-15-13-12(26-17(15)28-18)14(16(23)25-13)24-10(21)4-3-7-5-8(19)11(22)9(20)6-7/h3-6,12-15,17,19-20,22H,1-2H3/b4-3+. The molecule has 0 saturated carbocycles. The zero-order valence-electron chi connectivity index (χ0n) is 14.9. The maximum Gasteiger partial charge on any atom is 0.350 e. The highest BCUT2D eigenvalue weighted by atomic mass is 16.8.